The minimum atomic E-state index is -4.05. The van der Waals surface area contributed by atoms with Gasteiger partial charge < -0.3 is 10.1 Å². The molecular weight excluding hydrogens is 243 g/mol. The van der Waals surface area contributed by atoms with Gasteiger partial charge in [-0.25, -0.2) is 0 Å². The molecule has 0 fully saturated rings. The van der Waals surface area contributed by atoms with Crippen molar-refractivity contribution >= 4 is 0 Å². The van der Waals surface area contributed by atoms with Gasteiger partial charge in [-0.2, -0.15) is 13.2 Å². The van der Waals surface area contributed by atoms with E-state index in [-0.39, 0.29) is 13.0 Å². The topological polar surface area (TPSA) is 21.3 Å². The maximum absolute atomic E-state index is 11.8. The number of nitrogens with one attached hydrogen (secondary N) is 1. The Kier molecular flexibility index (Phi) is 10.4. The Labute approximate surface area is 108 Å². The van der Waals surface area contributed by atoms with Gasteiger partial charge >= 0.3 is 6.18 Å². The second kappa shape index (κ2) is 10.6. The average Bonchev–Trinajstić information content (AvgIpc) is 2.30. The standard InChI is InChI=1S/C13H26F3NO/c1-3-9-17-12(4-2)7-5-10-18-11-6-8-13(14,15)16/h12,17H,3-11H2,1-2H3. The highest BCUT2D eigenvalue weighted by Gasteiger charge is 2.25. The van der Waals surface area contributed by atoms with Gasteiger partial charge in [0, 0.05) is 25.7 Å². The normalized spacial score (nSPS) is 13.8. The second-order valence-corrected chi connectivity index (χ2v) is 4.53. The van der Waals surface area contributed by atoms with Crippen LogP contribution >= 0.6 is 0 Å². The zero-order valence-corrected chi connectivity index (χ0v) is 11.5. The molecule has 2 nitrogen and oxygen atoms in total. The summed E-state index contributed by atoms with van der Waals surface area (Å²) < 4.78 is 40.7. The molecule has 0 radical (unpaired) electrons. The van der Waals surface area contributed by atoms with Gasteiger partial charge in [-0.15, -0.1) is 0 Å². The molecule has 18 heavy (non-hydrogen) atoms. The molecule has 1 atom stereocenters. The SMILES string of the molecule is CCCNC(CC)CCCOCCCC(F)(F)F. The lowest BCUT2D eigenvalue weighted by atomic mass is 10.1. The van der Waals surface area contributed by atoms with Crippen LogP contribution in [0.15, 0.2) is 0 Å². The van der Waals surface area contributed by atoms with Crippen molar-refractivity contribution < 1.29 is 17.9 Å². The van der Waals surface area contributed by atoms with Gasteiger partial charge in [-0.1, -0.05) is 13.8 Å². The van der Waals surface area contributed by atoms with Crippen LogP contribution in [0.5, 0.6) is 0 Å². The Hall–Kier alpha value is -0.290. The molecule has 0 rings (SSSR count). The van der Waals surface area contributed by atoms with Gasteiger partial charge in [-0.3, -0.25) is 0 Å². The molecule has 0 aliphatic rings. The molecule has 0 bridgehead atoms. The zero-order chi connectivity index (χ0) is 13.9. The summed E-state index contributed by atoms with van der Waals surface area (Å²) in [6.45, 7) is 6.05. The Balaban J connectivity index is 3.33. The van der Waals surface area contributed by atoms with E-state index in [2.05, 4.69) is 19.2 Å². The van der Waals surface area contributed by atoms with Crippen LogP contribution in [0.3, 0.4) is 0 Å². The van der Waals surface area contributed by atoms with Crippen LogP contribution in [0.4, 0.5) is 13.2 Å². The fourth-order valence-electron chi connectivity index (χ4n) is 1.71. The summed E-state index contributed by atoms with van der Waals surface area (Å²) in [7, 11) is 0. The lowest BCUT2D eigenvalue weighted by molar-refractivity contribution is -0.137. The lowest BCUT2D eigenvalue weighted by Crippen LogP contribution is -2.29. The van der Waals surface area contributed by atoms with E-state index in [1.165, 1.54) is 0 Å². The molecule has 0 aliphatic heterocycles. The van der Waals surface area contributed by atoms with Crippen molar-refractivity contribution in [1.29, 1.82) is 0 Å². The third-order valence-corrected chi connectivity index (χ3v) is 2.77. The van der Waals surface area contributed by atoms with Crippen LogP contribution in [0.1, 0.15) is 52.4 Å². The molecule has 5 heteroatoms. The number of ether oxygens (including phenoxy) is 1. The van der Waals surface area contributed by atoms with Gasteiger partial charge in [0.05, 0.1) is 0 Å². The van der Waals surface area contributed by atoms with Crippen LogP contribution in [0, 0.1) is 0 Å². The number of hydrogen-bond donors (Lipinski definition) is 1. The average molecular weight is 269 g/mol. The first-order valence-corrected chi connectivity index (χ1v) is 6.87. The van der Waals surface area contributed by atoms with Crippen LogP contribution in [-0.4, -0.2) is 32.0 Å². The van der Waals surface area contributed by atoms with Gasteiger partial charge in [0.25, 0.3) is 0 Å². The van der Waals surface area contributed by atoms with E-state index in [1.54, 1.807) is 0 Å². The molecule has 1 N–H and O–H groups in total. The maximum Gasteiger partial charge on any atom is 0.389 e. The second-order valence-electron chi connectivity index (χ2n) is 4.53. The molecule has 0 spiro atoms. The highest BCUT2D eigenvalue weighted by molar-refractivity contribution is 4.64. The minimum Gasteiger partial charge on any atom is -0.381 e. The first kappa shape index (κ1) is 17.7. The molecule has 0 amide bonds. The largest absolute Gasteiger partial charge is 0.389 e. The van der Waals surface area contributed by atoms with E-state index in [9.17, 15) is 13.2 Å². The monoisotopic (exact) mass is 269 g/mol. The van der Waals surface area contributed by atoms with Crippen molar-refractivity contribution in [3.8, 4) is 0 Å². The van der Waals surface area contributed by atoms with Crippen molar-refractivity contribution in [1.82, 2.24) is 5.32 Å². The summed E-state index contributed by atoms with van der Waals surface area (Å²) in [5.74, 6) is 0. The maximum atomic E-state index is 11.8. The first-order chi connectivity index (χ1) is 8.49. The number of alkyl halides is 3. The van der Waals surface area contributed by atoms with Crippen molar-refractivity contribution in [2.45, 2.75) is 64.6 Å². The van der Waals surface area contributed by atoms with Crippen LogP contribution < -0.4 is 5.32 Å². The minimum absolute atomic E-state index is 0.0643. The summed E-state index contributed by atoms with van der Waals surface area (Å²) in [5.41, 5.74) is 0. The molecule has 0 aromatic heterocycles. The summed E-state index contributed by atoms with van der Waals surface area (Å²) in [4.78, 5) is 0. The van der Waals surface area contributed by atoms with E-state index in [0.29, 0.717) is 12.6 Å². The molecule has 0 heterocycles. The molecule has 0 aliphatic carbocycles. The smallest absolute Gasteiger partial charge is 0.381 e. The molecule has 0 saturated heterocycles. The Morgan fingerprint density at radius 3 is 2.33 bits per heavy atom. The van der Waals surface area contributed by atoms with Gasteiger partial charge in [-0.05, 0) is 38.6 Å². The van der Waals surface area contributed by atoms with Crippen LogP contribution in [0.25, 0.3) is 0 Å². The van der Waals surface area contributed by atoms with Crippen molar-refractivity contribution in [2.24, 2.45) is 0 Å². The fraction of sp³-hybridized carbons (Fsp3) is 1.00. The van der Waals surface area contributed by atoms with Crippen LogP contribution in [0.2, 0.25) is 0 Å². The third kappa shape index (κ3) is 12.2. The predicted molar refractivity (Wildman–Crippen MR) is 67.7 cm³/mol. The van der Waals surface area contributed by atoms with Gasteiger partial charge in [0.15, 0.2) is 0 Å². The highest BCUT2D eigenvalue weighted by atomic mass is 19.4. The van der Waals surface area contributed by atoms with E-state index in [1.807, 2.05) is 0 Å². The molecule has 110 valence electrons. The van der Waals surface area contributed by atoms with Crippen molar-refractivity contribution in [2.75, 3.05) is 19.8 Å². The first-order valence-electron chi connectivity index (χ1n) is 6.87. The number of halogens is 3. The quantitative estimate of drug-likeness (QED) is 0.574. The van der Waals surface area contributed by atoms with Crippen molar-refractivity contribution in [3.05, 3.63) is 0 Å². The lowest BCUT2D eigenvalue weighted by Gasteiger charge is -2.16. The fourth-order valence-corrected chi connectivity index (χ4v) is 1.71. The molecule has 0 aromatic carbocycles. The molecule has 0 saturated carbocycles. The number of rotatable bonds is 11. The van der Waals surface area contributed by atoms with Gasteiger partial charge in [0.1, 0.15) is 0 Å². The molecule has 0 aromatic rings. The molecular formula is C13H26F3NO. The number of hydrogen-bond acceptors (Lipinski definition) is 2. The summed E-state index contributed by atoms with van der Waals surface area (Å²) in [5, 5.41) is 3.44. The van der Waals surface area contributed by atoms with E-state index < -0.39 is 12.6 Å². The highest BCUT2D eigenvalue weighted by Crippen LogP contribution is 2.21. The molecule has 1 unspecified atom stereocenters. The zero-order valence-electron chi connectivity index (χ0n) is 11.5. The summed E-state index contributed by atoms with van der Waals surface area (Å²) in [6.07, 6.45) is -0.617. The summed E-state index contributed by atoms with van der Waals surface area (Å²) >= 11 is 0. The van der Waals surface area contributed by atoms with E-state index >= 15 is 0 Å². The third-order valence-electron chi connectivity index (χ3n) is 2.77. The Morgan fingerprint density at radius 2 is 1.78 bits per heavy atom. The summed E-state index contributed by atoms with van der Waals surface area (Å²) in [6, 6.07) is 0.503. The van der Waals surface area contributed by atoms with Gasteiger partial charge in [0.2, 0.25) is 0 Å². The Morgan fingerprint density at radius 1 is 1.11 bits per heavy atom. The Bertz CT molecular complexity index is 186. The predicted octanol–water partition coefficient (Wildman–Crippen LogP) is 3.90. The van der Waals surface area contributed by atoms with Crippen molar-refractivity contribution in [3.63, 3.8) is 0 Å². The van der Waals surface area contributed by atoms with E-state index in [0.717, 1.165) is 32.2 Å². The van der Waals surface area contributed by atoms with E-state index in [4.69, 9.17) is 4.74 Å². The van der Waals surface area contributed by atoms with Crippen LogP contribution in [-0.2, 0) is 4.74 Å².